The smallest absolute Gasteiger partial charge is 0.330 e. The van der Waals surface area contributed by atoms with E-state index in [4.69, 9.17) is 21.1 Å². The molecule has 2 aliphatic rings. The van der Waals surface area contributed by atoms with Crippen LogP contribution >= 0.6 is 11.6 Å². The molecule has 4 nitrogen and oxygen atoms in total. The molecule has 0 aromatic heterocycles. The second-order valence-electron chi connectivity index (χ2n) is 8.61. The first-order valence-electron chi connectivity index (χ1n) is 8.93. The van der Waals surface area contributed by atoms with Gasteiger partial charge in [-0.1, -0.05) is 36.1 Å². The van der Waals surface area contributed by atoms with Gasteiger partial charge in [0.15, 0.2) is 35.9 Å². The molecular formula is C19H29BCl2N2O2. The normalized spacial score (nSPS) is 21.3. The molecule has 2 heterocycles. The molecular weight excluding hydrogens is 370 g/mol. The fourth-order valence-electron chi connectivity index (χ4n) is 3.82. The zero-order chi connectivity index (χ0) is 18.5. The van der Waals surface area contributed by atoms with Crippen molar-refractivity contribution in [2.45, 2.75) is 38.8 Å². The Hall–Kier alpha value is -1.20. The second-order valence-corrected chi connectivity index (χ2v) is 8.92. The van der Waals surface area contributed by atoms with Crippen molar-refractivity contribution >= 4 is 34.8 Å². The largest absolute Gasteiger partial charge is 1.00 e. The molecule has 1 aromatic carbocycles. The van der Waals surface area contributed by atoms with Crippen LogP contribution in [0.25, 0.3) is 0 Å². The van der Waals surface area contributed by atoms with Gasteiger partial charge in [0.2, 0.25) is 0 Å². The van der Waals surface area contributed by atoms with E-state index in [-0.39, 0.29) is 23.5 Å². The van der Waals surface area contributed by atoms with Crippen molar-refractivity contribution < 1.29 is 31.0 Å². The lowest BCUT2D eigenvalue weighted by molar-refractivity contribution is -0.563. The molecule has 0 N–H and O–H groups in total. The summed E-state index contributed by atoms with van der Waals surface area (Å²) in [7, 11) is 4.18. The predicted octanol–water partition coefficient (Wildman–Crippen LogP) is -1.10. The molecule has 7 heteroatoms. The summed E-state index contributed by atoms with van der Waals surface area (Å²) >= 11 is 6.71. The Labute approximate surface area is 168 Å². The molecule has 26 heavy (non-hydrogen) atoms. The van der Waals surface area contributed by atoms with Gasteiger partial charge in [-0.15, -0.1) is 0 Å². The molecule has 3 rings (SSSR count). The van der Waals surface area contributed by atoms with Crippen LogP contribution in [0.5, 0.6) is 0 Å². The molecule has 0 radical (unpaired) electrons. The highest BCUT2D eigenvalue weighted by Gasteiger charge is 2.58. The highest BCUT2D eigenvalue weighted by Crippen LogP contribution is 2.27. The Kier molecular flexibility index (Phi) is 5.75. The third kappa shape index (κ3) is 3.03. The van der Waals surface area contributed by atoms with Crippen molar-refractivity contribution in [2.24, 2.45) is 0 Å². The number of rotatable bonds is 4. The average Bonchev–Trinajstić information content (AvgIpc) is 3.01. The van der Waals surface area contributed by atoms with Gasteiger partial charge in [0.05, 0.1) is 0 Å². The molecule has 0 fully saturated rings. The summed E-state index contributed by atoms with van der Waals surface area (Å²) in [6.45, 7) is 10.0. The van der Waals surface area contributed by atoms with Crippen LogP contribution in [-0.2, 0) is 9.47 Å². The van der Waals surface area contributed by atoms with Crippen LogP contribution in [0.4, 0.5) is 0 Å². The van der Waals surface area contributed by atoms with Crippen molar-refractivity contribution in [2.75, 3.05) is 33.1 Å². The maximum Gasteiger partial charge on any atom is 0.330 e. The summed E-state index contributed by atoms with van der Waals surface area (Å²) in [5.74, 6) is 2.26. The SMILES string of the molecule is C[N+]1=C([B-](CCl)(C2=[N+](C)C(C)(C)CO2)c2ccccc2)OCC1(C)C.[Cl-]. The van der Waals surface area contributed by atoms with Crippen molar-refractivity contribution in [3.05, 3.63) is 30.3 Å². The first-order chi connectivity index (χ1) is 11.7. The van der Waals surface area contributed by atoms with E-state index in [9.17, 15) is 0 Å². The van der Waals surface area contributed by atoms with Gasteiger partial charge in [-0.2, -0.15) is 17.1 Å². The zero-order valence-corrected chi connectivity index (χ0v) is 18.1. The summed E-state index contributed by atoms with van der Waals surface area (Å²) < 4.78 is 17.0. The summed E-state index contributed by atoms with van der Waals surface area (Å²) in [6.07, 6.45) is -1.51. The molecule has 0 amide bonds. The van der Waals surface area contributed by atoms with E-state index in [0.717, 1.165) is 17.1 Å². The second kappa shape index (κ2) is 7.08. The fraction of sp³-hybridized carbons (Fsp3) is 0.579. The molecule has 1 aromatic rings. The number of alkyl halides is 1. The summed E-state index contributed by atoms with van der Waals surface area (Å²) in [5, 5.41) is 0. The number of likely N-dealkylation sites (N-methyl/N-ethyl adjacent to an activating group) is 2. The lowest BCUT2D eigenvalue weighted by atomic mass is 9.22. The molecule has 0 atom stereocenters. The minimum Gasteiger partial charge on any atom is -1.00 e. The van der Waals surface area contributed by atoms with Crippen LogP contribution in [0.15, 0.2) is 30.3 Å². The Bertz CT molecular complexity index is 705. The van der Waals surface area contributed by atoms with Crippen molar-refractivity contribution in [3.8, 4) is 0 Å². The lowest BCUT2D eigenvalue weighted by Crippen LogP contribution is -3.00. The molecule has 2 aliphatic heterocycles. The van der Waals surface area contributed by atoms with Gasteiger partial charge < -0.3 is 21.9 Å². The highest BCUT2D eigenvalue weighted by molar-refractivity contribution is 7.32. The monoisotopic (exact) mass is 398 g/mol. The number of benzene rings is 1. The summed E-state index contributed by atoms with van der Waals surface area (Å²) in [5.41, 5.74) is 1.00. The molecule has 144 valence electrons. The van der Waals surface area contributed by atoms with Gasteiger partial charge in [0.1, 0.15) is 14.1 Å². The molecule has 0 unspecified atom stereocenters. The van der Waals surface area contributed by atoms with Crippen LogP contribution in [0, 0.1) is 0 Å². The Morgan fingerprint density at radius 1 is 0.923 bits per heavy atom. The van der Waals surface area contributed by atoms with E-state index >= 15 is 0 Å². The maximum absolute atomic E-state index is 6.71. The third-order valence-corrected chi connectivity index (χ3v) is 6.53. The Morgan fingerprint density at radius 2 is 1.35 bits per heavy atom. The molecule has 0 saturated carbocycles. The number of ether oxygens (including phenoxy) is 2. The third-order valence-electron chi connectivity index (χ3n) is 6.07. The Morgan fingerprint density at radius 3 is 1.65 bits per heavy atom. The van der Waals surface area contributed by atoms with E-state index in [1.54, 1.807) is 0 Å². The first-order valence-corrected chi connectivity index (χ1v) is 9.47. The molecule has 0 aliphatic carbocycles. The fourth-order valence-corrected chi connectivity index (χ4v) is 4.27. The van der Waals surface area contributed by atoms with Gasteiger partial charge in [-0.3, -0.25) is 0 Å². The van der Waals surface area contributed by atoms with E-state index in [2.05, 4.69) is 75.2 Å². The number of hydrogen-bond acceptors (Lipinski definition) is 2. The van der Waals surface area contributed by atoms with Gasteiger partial charge in [-0.05, 0) is 0 Å². The molecule has 0 bridgehead atoms. The van der Waals surface area contributed by atoms with Gasteiger partial charge >= 0.3 is 6.15 Å². The van der Waals surface area contributed by atoms with E-state index in [1.165, 1.54) is 0 Å². The van der Waals surface area contributed by atoms with Gasteiger partial charge in [-0.25, -0.2) is 9.15 Å². The van der Waals surface area contributed by atoms with E-state index in [0.29, 0.717) is 19.0 Å². The van der Waals surface area contributed by atoms with E-state index in [1.807, 2.05) is 6.07 Å². The molecule has 0 spiro atoms. The van der Waals surface area contributed by atoms with Crippen LogP contribution in [0.1, 0.15) is 27.7 Å². The van der Waals surface area contributed by atoms with Crippen molar-refractivity contribution in [1.82, 2.24) is 0 Å². The number of hydrogen-bond donors (Lipinski definition) is 0. The van der Waals surface area contributed by atoms with Crippen LogP contribution in [0.3, 0.4) is 0 Å². The topological polar surface area (TPSA) is 24.5 Å². The van der Waals surface area contributed by atoms with Crippen LogP contribution in [0.2, 0.25) is 0 Å². The van der Waals surface area contributed by atoms with Crippen molar-refractivity contribution in [1.29, 1.82) is 0 Å². The quantitative estimate of drug-likeness (QED) is 0.365. The number of nitrogens with zero attached hydrogens (tertiary/aromatic N) is 2. The highest BCUT2D eigenvalue weighted by atomic mass is 35.5. The summed E-state index contributed by atoms with van der Waals surface area (Å²) in [6, 6.07) is 10.4. The predicted molar refractivity (Wildman–Crippen MR) is 105 cm³/mol. The number of halogens is 2. The summed E-state index contributed by atoms with van der Waals surface area (Å²) in [4.78, 5) is 0. The lowest BCUT2D eigenvalue weighted by Gasteiger charge is -2.32. The Balaban J connectivity index is 0.00000243. The van der Waals surface area contributed by atoms with Gasteiger partial charge in [0.25, 0.3) is 0 Å². The molecule has 0 saturated heterocycles. The first kappa shape index (κ1) is 21.1. The maximum atomic E-state index is 6.71. The van der Waals surface area contributed by atoms with Crippen LogP contribution in [-0.4, -0.2) is 71.1 Å². The van der Waals surface area contributed by atoms with Gasteiger partial charge in [0, 0.05) is 27.7 Å². The minimum atomic E-state index is -1.51. The zero-order valence-electron chi connectivity index (χ0n) is 16.6. The van der Waals surface area contributed by atoms with E-state index < -0.39 is 6.15 Å². The standard InChI is InChI=1S/C19H29BClN2O2.ClH/c1-18(2)12-24-16(22(18)5)20(14-21,15-10-8-7-9-11-15)17-23(6)19(3,4)13-25-17;/h7-11H,12-14H2,1-6H3;1H/q+1;/p-1. The van der Waals surface area contributed by atoms with Crippen LogP contribution < -0.4 is 17.9 Å². The average molecular weight is 399 g/mol. The van der Waals surface area contributed by atoms with Crippen molar-refractivity contribution in [3.63, 3.8) is 0 Å². The minimum absolute atomic E-state index is 0.